The Morgan fingerprint density at radius 2 is 1.45 bits per heavy atom. The van der Waals surface area contributed by atoms with Crippen molar-refractivity contribution in [3.05, 3.63) is 120 Å². The van der Waals surface area contributed by atoms with E-state index >= 15 is 0 Å². The summed E-state index contributed by atoms with van der Waals surface area (Å²) in [6.07, 6.45) is 0. The van der Waals surface area contributed by atoms with Crippen LogP contribution >= 0.6 is 11.6 Å². The second-order valence-electron chi connectivity index (χ2n) is 9.21. The van der Waals surface area contributed by atoms with Gasteiger partial charge < -0.3 is 0 Å². The van der Waals surface area contributed by atoms with Crippen LogP contribution in [0.1, 0.15) is 5.56 Å². The normalized spacial score (nSPS) is 11.4. The number of halogens is 1. The summed E-state index contributed by atoms with van der Waals surface area (Å²) in [5.41, 5.74) is 8.44. The van der Waals surface area contributed by atoms with Crippen molar-refractivity contribution in [2.75, 3.05) is 0 Å². The van der Waals surface area contributed by atoms with E-state index in [1.54, 1.807) is 4.52 Å². The number of aromatic nitrogens is 6. The highest BCUT2D eigenvalue weighted by Crippen LogP contribution is 2.40. The molecular formula is C31H21ClN6. The monoisotopic (exact) mass is 512 g/mol. The lowest BCUT2D eigenvalue weighted by molar-refractivity contribution is 0.841. The van der Waals surface area contributed by atoms with Crippen LogP contribution in [0.15, 0.2) is 109 Å². The maximum absolute atomic E-state index is 6.39. The number of imidazole rings is 1. The number of fused-ring (bicyclic) bond motifs is 3. The van der Waals surface area contributed by atoms with E-state index < -0.39 is 0 Å². The van der Waals surface area contributed by atoms with E-state index in [1.807, 2.05) is 42.5 Å². The molecular weight excluding hydrogens is 492 g/mol. The molecule has 0 bridgehead atoms. The number of tetrazole rings is 1. The van der Waals surface area contributed by atoms with Gasteiger partial charge in [0.2, 0.25) is 0 Å². The van der Waals surface area contributed by atoms with Crippen molar-refractivity contribution in [1.82, 2.24) is 29.6 Å². The zero-order valence-corrected chi connectivity index (χ0v) is 21.2. The van der Waals surface area contributed by atoms with Gasteiger partial charge in [-0.05, 0) is 53.7 Å². The van der Waals surface area contributed by atoms with Gasteiger partial charge in [0.15, 0.2) is 5.65 Å². The van der Waals surface area contributed by atoms with Crippen molar-refractivity contribution in [2.24, 2.45) is 0 Å². The van der Waals surface area contributed by atoms with Crippen LogP contribution in [0.5, 0.6) is 0 Å². The molecule has 0 aliphatic carbocycles. The number of hydrogen-bond acceptors (Lipinski definition) is 4. The summed E-state index contributed by atoms with van der Waals surface area (Å²) in [5.74, 6) is 0.744. The molecule has 0 saturated carbocycles. The molecule has 3 heterocycles. The number of benzene rings is 4. The first-order valence-electron chi connectivity index (χ1n) is 12.3. The summed E-state index contributed by atoms with van der Waals surface area (Å²) in [6, 6.07) is 36.9. The number of nitrogens with zero attached hydrogens (tertiary/aromatic N) is 6. The van der Waals surface area contributed by atoms with Crippen LogP contribution in [0.3, 0.4) is 0 Å². The van der Waals surface area contributed by atoms with Crippen molar-refractivity contribution in [3.63, 3.8) is 0 Å². The van der Waals surface area contributed by atoms with Gasteiger partial charge in [-0.2, -0.15) is 4.52 Å². The largest absolute Gasteiger partial charge is 0.292 e. The topological polar surface area (TPSA) is 60.9 Å². The first kappa shape index (κ1) is 22.4. The Morgan fingerprint density at radius 1 is 0.737 bits per heavy atom. The SMILES string of the molecule is Cc1ccc(-n2c(-c3cc4cc(Cl)ccc4n4nnnc34)nc(-c3ccccc3)c2-c2ccccc2)cc1. The third-order valence-electron chi connectivity index (χ3n) is 6.73. The van der Waals surface area contributed by atoms with Crippen molar-refractivity contribution >= 4 is 28.2 Å². The Kier molecular flexibility index (Phi) is 5.27. The lowest BCUT2D eigenvalue weighted by Gasteiger charge is -2.14. The molecule has 0 unspecified atom stereocenters. The molecule has 7 heteroatoms. The maximum Gasteiger partial charge on any atom is 0.190 e. The van der Waals surface area contributed by atoms with E-state index in [-0.39, 0.29) is 0 Å². The molecule has 3 aromatic heterocycles. The second kappa shape index (κ2) is 8.94. The van der Waals surface area contributed by atoms with E-state index in [0.717, 1.165) is 50.5 Å². The number of rotatable bonds is 4. The molecule has 7 aromatic rings. The van der Waals surface area contributed by atoms with Crippen molar-refractivity contribution in [3.8, 4) is 39.6 Å². The Balaban J connectivity index is 1.64. The molecule has 182 valence electrons. The van der Waals surface area contributed by atoms with Crippen LogP contribution in [0.2, 0.25) is 5.02 Å². The Morgan fingerprint density at radius 3 is 2.18 bits per heavy atom. The van der Waals surface area contributed by atoms with Crippen molar-refractivity contribution in [2.45, 2.75) is 6.92 Å². The van der Waals surface area contributed by atoms with E-state index in [1.165, 1.54) is 5.56 Å². The third kappa shape index (κ3) is 3.66. The lowest BCUT2D eigenvalue weighted by Crippen LogP contribution is -2.02. The molecule has 0 atom stereocenters. The minimum absolute atomic E-state index is 0.623. The first-order valence-corrected chi connectivity index (χ1v) is 12.7. The van der Waals surface area contributed by atoms with E-state index in [9.17, 15) is 0 Å². The lowest BCUT2D eigenvalue weighted by atomic mass is 10.0. The molecule has 0 radical (unpaired) electrons. The standard InChI is InChI=1S/C31H21ClN6/c1-20-12-15-25(16-13-20)37-29(22-10-6-3-7-11-22)28(21-8-4-2-5-9-21)33-30(37)26-19-23-18-24(32)14-17-27(23)38-31(26)34-35-36-38/h2-19H,1H3. The fraction of sp³-hybridized carbons (Fsp3) is 0.0323. The molecule has 4 aromatic carbocycles. The molecule has 0 aliphatic rings. The Labute approximate surface area is 223 Å². The van der Waals surface area contributed by atoms with Crippen molar-refractivity contribution in [1.29, 1.82) is 0 Å². The van der Waals surface area contributed by atoms with Gasteiger partial charge in [-0.25, -0.2) is 4.98 Å². The minimum Gasteiger partial charge on any atom is -0.292 e. The predicted molar refractivity (Wildman–Crippen MR) is 151 cm³/mol. The molecule has 0 amide bonds. The van der Waals surface area contributed by atoms with Crippen LogP contribution in [0.25, 0.3) is 56.1 Å². The summed E-state index contributed by atoms with van der Waals surface area (Å²) >= 11 is 6.39. The van der Waals surface area contributed by atoms with E-state index in [0.29, 0.717) is 10.7 Å². The molecule has 6 nitrogen and oxygen atoms in total. The van der Waals surface area contributed by atoms with Gasteiger partial charge in [0, 0.05) is 27.2 Å². The van der Waals surface area contributed by atoms with Crippen molar-refractivity contribution < 1.29 is 0 Å². The molecule has 38 heavy (non-hydrogen) atoms. The molecule has 0 fully saturated rings. The minimum atomic E-state index is 0.623. The fourth-order valence-electron chi connectivity index (χ4n) is 4.94. The van der Waals surface area contributed by atoms with Gasteiger partial charge in [0.1, 0.15) is 5.82 Å². The van der Waals surface area contributed by atoms with Crippen LogP contribution in [-0.4, -0.2) is 29.6 Å². The summed E-state index contributed by atoms with van der Waals surface area (Å²) in [4.78, 5) is 5.31. The van der Waals surface area contributed by atoms with Gasteiger partial charge in [-0.15, -0.1) is 5.10 Å². The molecule has 0 aliphatic heterocycles. The van der Waals surface area contributed by atoms with Gasteiger partial charge in [-0.3, -0.25) is 4.57 Å². The fourth-order valence-corrected chi connectivity index (χ4v) is 5.12. The number of aryl methyl sites for hydroxylation is 1. The van der Waals surface area contributed by atoms with Gasteiger partial charge >= 0.3 is 0 Å². The second-order valence-corrected chi connectivity index (χ2v) is 9.65. The quantitative estimate of drug-likeness (QED) is 0.246. The van der Waals surface area contributed by atoms with E-state index in [4.69, 9.17) is 16.6 Å². The summed E-state index contributed by atoms with van der Waals surface area (Å²) in [6.45, 7) is 2.09. The van der Waals surface area contributed by atoms with Crippen LogP contribution < -0.4 is 0 Å². The molecule has 0 saturated heterocycles. The smallest absolute Gasteiger partial charge is 0.190 e. The number of pyridine rings is 1. The maximum atomic E-state index is 6.39. The van der Waals surface area contributed by atoms with Gasteiger partial charge in [-0.1, -0.05) is 90.0 Å². The average molecular weight is 513 g/mol. The van der Waals surface area contributed by atoms with Gasteiger partial charge in [0.25, 0.3) is 0 Å². The molecule has 7 rings (SSSR count). The zero-order chi connectivity index (χ0) is 25.6. The highest BCUT2D eigenvalue weighted by molar-refractivity contribution is 6.31. The van der Waals surface area contributed by atoms with E-state index in [2.05, 4.69) is 93.7 Å². The van der Waals surface area contributed by atoms with Gasteiger partial charge in [0.05, 0.1) is 22.5 Å². The highest BCUT2D eigenvalue weighted by atomic mass is 35.5. The summed E-state index contributed by atoms with van der Waals surface area (Å²) in [5, 5.41) is 14.3. The zero-order valence-electron chi connectivity index (χ0n) is 20.5. The average Bonchev–Trinajstić information content (AvgIpc) is 3.60. The Hall–Kier alpha value is -4.81. The highest BCUT2D eigenvalue weighted by Gasteiger charge is 2.25. The van der Waals surface area contributed by atoms with Crippen LogP contribution in [0.4, 0.5) is 0 Å². The van der Waals surface area contributed by atoms with Crippen LogP contribution in [-0.2, 0) is 0 Å². The molecule has 0 N–H and O–H groups in total. The third-order valence-corrected chi connectivity index (χ3v) is 6.97. The first-order chi connectivity index (χ1) is 18.7. The summed E-state index contributed by atoms with van der Waals surface area (Å²) < 4.78 is 3.96. The molecule has 0 spiro atoms. The van der Waals surface area contributed by atoms with Crippen LogP contribution in [0, 0.1) is 6.92 Å². The predicted octanol–water partition coefficient (Wildman–Crippen LogP) is 7.43. The Bertz CT molecular complexity index is 1920. The summed E-state index contributed by atoms with van der Waals surface area (Å²) in [7, 11) is 0. The number of hydrogen-bond donors (Lipinski definition) is 0.